The molecule has 1 amide bonds. The molecule has 0 aliphatic heterocycles. The Kier molecular flexibility index (Phi) is 5.61. The van der Waals surface area contributed by atoms with Gasteiger partial charge in [0.15, 0.2) is 0 Å². The topological polar surface area (TPSA) is 64.1 Å². The van der Waals surface area contributed by atoms with Crippen molar-refractivity contribution in [2.45, 2.75) is 38.1 Å². The van der Waals surface area contributed by atoms with Crippen molar-refractivity contribution >= 4 is 5.91 Å². The molecule has 1 aliphatic carbocycles. The van der Waals surface area contributed by atoms with Crippen LogP contribution in [0.25, 0.3) is 11.1 Å². The summed E-state index contributed by atoms with van der Waals surface area (Å²) in [6.07, 6.45) is 9.29. The molecule has 0 radical (unpaired) electrons. The van der Waals surface area contributed by atoms with Crippen LogP contribution in [-0.4, -0.2) is 21.9 Å². The predicted octanol–water partition coefficient (Wildman–Crippen LogP) is 5.00. The zero-order valence-corrected chi connectivity index (χ0v) is 15.7. The van der Waals surface area contributed by atoms with Gasteiger partial charge in [-0.1, -0.05) is 49.6 Å². The van der Waals surface area contributed by atoms with E-state index in [1.54, 1.807) is 12.4 Å². The van der Waals surface area contributed by atoms with Gasteiger partial charge in [0, 0.05) is 29.6 Å². The van der Waals surface area contributed by atoms with Crippen molar-refractivity contribution < 1.29 is 9.53 Å². The Balaban J connectivity index is 1.39. The number of aromatic nitrogens is 2. The van der Waals surface area contributed by atoms with Crippen LogP contribution < -0.4 is 10.1 Å². The smallest absolute Gasteiger partial charge is 0.321 e. The van der Waals surface area contributed by atoms with E-state index in [4.69, 9.17) is 4.74 Å². The summed E-state index contributed by atoms with van der Waals surface area (Å²) in [5.74, 6) is 0.699. The molecule has 1 saturated carbocycles. The summed E-state index contributed by atoms with van der Waals surface area (Å²) >= 11 is 0. The summed E-state index contributed by atoms with van der Waals surface area (Å²) < 4.78 is 5.62. The van der Waals surface area contributed by atoms with E-state index in [9.17, 15) is 4.79 Å². The standard InChI is InChI=1S/C23H23N3O2/c27-22(26-20-7-3-1-4-8-20)18-13-11-17(12-14-18)19-15-24-23(25-16-19)28-21-9-5-2-6-10-21/h2,5-6,9-16,20H,1,3-4,7-8H2,(H,26,27). The molecule has 1 N–H and O–H groups in total. The highest BCUT2D eigenvalue weighted by Gasteiger charge is 2.16. The first-order valence-electron chi connectivity index (χ1n) is 9.74. The van der Waals surface area contributed by atoms with Crippen molar-refractivity contribution in [2.75, 3.05) is 0 Å². The molecule has 0 bridgehead atoms. The molecule has 5 nitrogen and oxygen atoms in total. The molecule has 1 fully saturated rings. The number of hydrogen-bond acceptors (Lipinski definition) is 4. The van der Waals surface area contributed by atoms with E-state index >= 15 is 0 Å². The second-order valence-electron chi connectivity index (χ2n) is 7.06. The number of nitrogens with one attached hydrogen (secondary N) is 1. The Hall–Kier alpha value is -3.21. The van der Waals surface area contributed by atoms with Crippen LogP contribution in [-0.2, 0) is 0 Å². The van der Waals surface area contributed by atoms with Crippen LogP contribution in [0.2, 0.25) is 0 Å². The molecule has 0 unspecified atom stereocenters. The first-order valence-corrected chi connectivity index (χ1v) is 9.74. The molecule has 1 aliphatic rings. The van der Waals surface area contributed by atoms with Crippen LogP contribution in [0.5, 0.6) is 11.8 Å². The number of ether oxygens (including phenoxy) is 1. The molecule has 142 valence electrons. The quantitative estimate of drug-likeness (QED) is 0.684. The molecule has 28 heavy (non-hydrogen) atoms. The van der Waals surface area contributed by atoms with Gasteiger partial charge in [-0.05, 0) is 42.7 Å². The molecular weight excluding hydrogens is 350 g/mol. The van der Waals surface area contributed by atoms with Crippen LogP contribution in [0.15, 0.2) is 67.0 Å². The SMILES string of the molecule is O=C(NC1CCCCC1)c1ccc(-c2cnc(Oc3ccccc3)nc2)cc1. The number of benzene rings is 2. The highest BCUT2D eigenvalue weighted by molar-refractivity contribution is 5.94. The minimum atomic E-state index is 0.00121. The van der Waals surface area contributed by atoms with E-state index < -0.39 is 0 Å². The maximum Gasteiger partial charge on any atom is 0.321 e. The zero-order chi connectivity index (χ0) is 19.2. The number of hydrogen-bond donors (Lipinski definition) is 1. The number of carbonyl (C=O) groups excluding carboxylic acids is 1. The van der Waals surface area contributed by atoms with Crippen molar-refractivity contribution in [1.82, 2.24) is 15.3 Å². The van der Waals surface area contributed by atoms with Gasteiger partial charge < -0.3 is 10.1 Å². The predicted molar refractivity (Wildman–Crippen MR) is 108 cm³/mol. The number of rotatable bonds is 5. The Morgan fingerprint density at radius 1 is 0.857 bits per heavy atom. The third-order valence-corrected chi connectivity index (χ3v) is 5.00. The maximum absolute atomic E-state index is 12.4. The maximum atomic E-state index is 12.4. The lowest BCUT2D eigenvalue weighted by Gasteiger charge is -2.22. The molecule has 0 saturated heterocycles. The summed E-state index contributed by atoms with van der Waals surface area (Å²) in [5.41, 5.74) is 2.51. The van der Waals surface area contributed by atoms with Crippen LogP contribution >= 0.6 is 0 Å². The van der Waals surface area contributed by atoms with Crippen LogP contribution in [0, 0.1) is 0 Å². The Labute approximate surface area is 164 Å². The lowest BCUT2D eigenvalue weighted by Crippen LogP contribution is -2.36. The van der Waals surface area contributed by atoms with Crippen LogP contribution in [0.1, 0.15) is 42.5 Å². The summed E-state index contributed by atoms with van der Waals surface area (Å²) in [7, 11) is 0. The Morgan fingerprint density at radius 3 is 2.21 bits per heavy atom. The van der Waals surface area contributed by atoms with Crippen molar-refractivity contribution in [3.63, 3.8) is 0 Å². The van der Waals surface area contributed by atoms with E-state index in [0.717, 1.165) is 24.0 Å². The van der Waals surface area contributed by atoms with Crippen molar-refractivity contribution in [2.24, 2.45) is 0 Å². The summed E-state index contributed by atoms with van der Waals surface area (Å²) in [6.45, 7) is 0. The molecule has 3 aromatic rings. The van der Waals surface area contributed by atoms with Gasteiger partial charge in [0.1, 0.15) is 5.75 Å². The van der Waals surface area contributed by atoms with Gasteiger partial charge >= 0.3 is 6.01 Å². The normalized spacial score (nSPS) is 14.4. The van der Waals surface area contributed by atoms with Gasteiger partial charge in [0.05, 0.1) is 0 Å². The van der Waals surface area contributed by atoms with Gasteiger partial charge in [-0.25, -0.2) is 9.97 Å². The second kappa shape index (κ2) is 8.65. The van der Waals surface area contributed by atoms with E-state index in [-0.39, 0.29) is 5.91 Å². The van der Waals surface area contributed by atoms with Gasteiger partial charge in [-0.2, -0.15) is 0 Å². The fraction of sp³-hybridized carbons (Fsp3) is 0.261. The molecule has 1 heterocycles. The molecular formula is C23H23N3O2. The first-order chi connectivity index (χ1) is 13.8. The highest BCUT2D eigenvalue weighted by Crippen LogP contribution is 2.22. The van der Waals surface area contributed by atoms with E-state index in [1.807, 2.05) is 54.6 Å². The third-order valence-electron chi connectivity index (χ3n) is 5.00. The monoisotopic (exact) mass is 373 g/mol. The van der Waals surface area contributed by atoms with Gasteiger partial charge in [-0.15, -0.1) is 0 Å². The lowest BCUT2D eigenvalue weighted by molar-refractivity contribution is 0.0927. The average molecular weight is 373 g/mol. The minimum absolute atomic E-state index is 0.00121. The summed E-state index contributed by atoms with van der Waals surface area (Å²) in [6, 6.07) is 17.6. The molecule has 1 aromatic heterocycles. The van der Waals surface area contributed by atoms with Gasteiger partial charge in [0.2, 0.25) is 0 Å². The van der Waals surface area contributed by atoms with Crippen LogP contribution in [0.4, 0.5) is 0 Å². The number of carbonyl (C=O) groups is 1. The van der Waals surface area contributed by atoms with Crippen molar-refractivity contribution in [3.05, 3.63) is 72.6 Å². The van der Waals surface area contributed by atoms with Crippen molar-refractivity contribution in [1.29, 1.82) is 0 Å². The van der Waals surface area contributed by atoms with Crippen LogP contribution in [0.3, 0.4) is 0 Å². The van der Waals surface area contributed by atoms with Crippen molar-refractivity contribution in [3.8, 4) is 22.9 Å². The van der Waals surface area contributed by atoms with E-state index in [1.165, 1.54) is 19.3 Å². The summed E-state index contributed by atoms with van der Waals surface area (Å²) in [4.78, 5) is 21.0. The minimum Gasteiger partial charge on any atom is -0.424 e. The van der Waals surface area contributed by atoms with Gasteiger partial charge in [-0.3, -0.25) is 4.79 Å². The second-order valence-corrected chi connectivity index (χ2v) is 7.06. The highest BCUT2D eigenvalue weighted by atomic mass is 16.5. The molecule has 0 spiro atoms. The Morgan fingerprint density at radius 2 is 1.54 bits per heavy atom. The van der Waals surface area contributed by atoms with E-state index in [2.05, 4.69) is 15.3 Å². The largest absolute Gasteiger partial charge is 0.424 e. The fourth-order valence-electron chi connectivity index (χ4n) is 3.44. The van der Waals surface area contributed by atoms with E-state index in [0.29, 0.717) is 23.4 Å². The molecule has 0 atom stereocenters. The zero-order valence-electron chi connectivity index (χ0n) is 15.7. The number of amides is 1. The summed E-state index contributed by atoms with van der Waals surface area (Å²) in [5, 5.41) is 3.14. The first kappa shape index (κ1) is 18.2. The fourth-order valence-corrected chi connectivity index (χ4v) is 3.44. The number of para-hydroxylation sites is 1. The molecule has 4 rings (SSSR count). The number of nitrogens with zero attached hydrogens (tertiary/aromatic N) is 2. The molecule has 5 heteroatoms. The Bertz CT molecular complexity index is 903. The lowest BCUT2D eigenvalue weighted by atomic mass is 9.95. The van der Waals surface area contributed by atoms with Gasteiger partial charge in [0.25, 0.3) is 5.91 Å². The molecule has 2 aromatic carbocycles. The third kappa shape index (κ3) is 4.55. The average Bonchev–Trinajstić information content (AvgIpc) is 2.76.